The molecule has 1 N–H and O–H groups in total. The standard InChI is InChI=1S/C15H16FNO2S/c1-11(12-5-3-2-4-6-12)17-15-9-14(16)8-7-13(15)10-20(18)19/h2-9,11,17,20H,10H2,1H3. The summed E-state index contributed by atoms with van der Waals surface area (Å²) in [5.74, 6) is -0.489. The summed E-state index contributed by atoms with van der Waals surface area (Å²) in [4.78, 5) is 0. The molecule has 0 aromatic heterocycles. The van der Waals surface area contributed by atoms with Crippen LogP contribution >= 0.6 is 0 Å². The molecule has 106 valence electrons. The molecule has 0 aliphatic carbocycles. The number of benzene rings is 2. The summed E-state index contributed by atoms with van der Waals surface area (Å²) in [6, 6.07) is 13.8. The molecule has 2 aromatic rings. The van der Waals surface area contributed by atoms with Gasteiger partial charge < -0.3 is 5.32 Å². The summed E-state index contributed by atoms with van der Waals surface area (Å²) in [6.07, 6.45) is 0. The Labute approximate surface area is 119 Å². The molecule has 2 rings (SSSR count). The zero-order valence-corrected chi connectivity index (χ0v) is 11.9. The first-order valence-corrected chi connectivity index (χ1v) is 7.64. The fourth-order valence-electron chi connectivity index (χ4n) is 2.02. The van der Waals surface area contributed by atoms with E-state index in [0.29, 0.717) is 11.3 Å². The van der Waals surface area contributed by atoms with Gasteiger partial charge in [0.2, 0.25) is 0 Å². The van der Waals surface area contributed by atoms with Crippen molar-refractivity contribution in [1.82, 2.24) is 0 Å². The van der Waals surface area contributed by atoms with E-state index in [2.05, 4.69) is 5.32 Å². The van der Waals surface area contributed by atoms with Crippen LogP contribution in [0.3, 0.4) is 0 Å². The highest BCUT2D eigenvalue weighted by Crippen LogP contribution is 2.24. The highest BCUT2D eigenvalue weighted by atomic mass is 32.2. The Bertz CT molecular complexity index is 648. The molecule has 3 nitrogen and oxygen atoms in total. The molecule has 0 spiro atoms. The van der Waals surface area contributed by atoms with Crippen LogP contribution in [0.5, 0.6) is 0 Å². The highest BCUT2D eigenvalue weighted by Gasteiger charge is 2.10. The number of hydrogen-bond donors (Lipinski definition) is 2. The molecule has 2 aromatic carbocycles. The van der Waals surface area contributed by atoms with Crippen LogP contribution in [-0.2, 0) is 16.5 Å². The number of nitrogens with one attached hydrogen (secondary N) is 1. The monoisotopic (exact) mass is 293 g/mol. The highest BCUT2D eigenvalue weighted by molar-refractivity contribution is 7.71. The van der Waals surface area contributed by atoms with Crippen molar-refractivity contribution in [2.75, 3.05) is 5.32 Å². The van der Waals surface area contributed by atoms with Crippen LogP contribution in [0.2, 0.25) is 0 Å². The molecule has 0 saturated heterocycles. The van der Waals surface area contributed by atoms with Crippen LogP contribution in [0.1, 0.15) is 24.1 Å². The van der Waals surface area contributed by atoms with Crippen molar-refractivity contribution in [3.05, 3.63) is 65.5 Å². The molecule has 0 fully saturated rings. The molecular weight excluding hydrogens is 277 g/mol. The third kappa shape index (κ3) is 3.81. The average Bonchev–Trinajstić information content (AvgIpc) is 2.42. The van der Waals surface area contributed by atoms with Gasteiger partial charge in [-0.3, -0.25) is 0 Å². The van der Waals surface area contributed by atoms with Crippen LogP contribution in [0.4, 0.5) is 10.1 Å². The average molecular weight is 293 g/mol. The van der Waals surface area contributed by atoms with Crippen LogP contribution in [0.25, 0.3) is 0 Å². The lowest BCUT2D eigenvalue weighted by Gasteiger charge is -2.18. The third-order valence-corrected chi connectivity index (χ3v) is 3.64. The van der Waals surface area contributed by atoms with Gasteiger partial charge in [0.25, 0.3) is 0 Å². The second kappa shape index (κ2) is 6.52. The molecule has 1 atom stereocenters. The molecule has 20 heavy (non-hydrogen) atoms. The van der Waals surface area contributed by atoms with Gasteiger partial charge in [-0.2, -0.15) is 0 Å². The van der Waals surface area contributed by atoms with Crippen molar-refractivity contribution < 1.29 is 12.8 Å². The predicted molar refractivity (Wildman–Crippen MR) is 78.9 cm³/mol. The molecule has 0 aliphatic rings. The van der Waals surface area contributed by atoms with Gasteiger partial charge in [-0.15, -0.1) is 0 Å². The Kier molecular flexibility index (Phi) is 4.74. The van der Waals surface area contributed by atoms with Gasteiger partial charge in [-0.05, 0) is 30.2 Å². The molecule has 0 bridgehead atoms. The van der Waals surface area contributed by atoms with E-state index in [0.717, 1.165) is 5.56 Å². The second-order valence-corrected chi connectivity index (χ2v) is 5.55. The van der Waals surface area contributed by atoms with Gasteiger partial charge >= 0.3 is 0 Å². The topological polar surface area (TPSA) is 46.2 Å². The van der Waals surface area contributed by atoms with Crippen LogP contribution < -0.4 is 5.32 Å². The van der Waals surface area contributed by atoms with Crippen molar-refractivity contribution in [3.8, 4) is 0 Å². The molecule has 0 heterocycles. The quantitative estimate of drug-likeness (QED) is 0.833. The Morgan fingerprint density at radius 3 is 2.50 bits per heavy atom. The first-order chi connectivity index (χ1) is 9.56. The lowest BCUT2D eigenvalue weighted by atomic mass is 10.1. The summed E-state index contributed by atoms with van der Waals surface area (Å²) in [6.45, 7) is 1.95. The Morgan fingerprint density at radius 2 is 1.85 bits per heavy atom. The molecule has 0 saturated carbocycles. The zero-order valence-electron chi connectivity index (χ0n) is 11.0. The fourth-order valence-corrected chi connectivity index (χ4v) is 2.57. The van der Waals surface area contributed by atoms with Gasteiger partial charge in [0, 0.05) is 11.7 Å². The SMILES string of the molecule is CC(Nc1cc(F)ccc1C[SH](=O)=O)c1ccccc1. The third-order valence-electron chi connectivity index (χ3n) is 3.04. The first-order valence-electron chi connectivity index (χ1n) is 6.28. The smallest absolute Gasteiger partial charge is 0.144 e. The van der Waals surface area contributed by atoms with Crippen LogP contribution in [-0.4, -0.2) is 8.42 Å². The predicted octanol–water partition coefficient (Wildman–Crippen LogP) is 3.11. The van der Waals surface area contributed by atoms with E-state index in [1.54, 1.807) is 0 Å². The first kappa shape index (κ1) is 14.5. The molecule has 5 heteroatoms. The molecular formula is C15H16FNO2S. The minimum absolute atomic E-state index is 0.0405. The largest absolute Gasteiger partial charge is 0.378 e. The van der Waals surface area contributed by atoms with Gasteiger partial charge in [0.1, 0.15) is 16.5 Å². The van der Waals surface area contributed by atoms with Crippen molar-refractivity contribution >= 4 is 16.4 Å². The minimum Gasteiger partial charge on any atom is -0.378 e. The molecule has 0 amide bonds. The van der Waals surface area contributed by atoms with Crippen molar-refractivity contribution in [3.63, 3.8) is 0 Å². The van der Waals surface area contributed by atoms with Gasteiger partial charge in [-0.25, -0.2) is 12.8 Å². The van der Waals surface area contributed by atoms with Gasteiger partial charge in [0.05, 0.1) is 5.75 Å². The summed E-state index contributed by atoms with van der Waals surface area (Å²) in [5.41, 5.74) is 2.14. The maximum absolute atomic E-state index is 13.3. The molecule has 0 radical (unpaired) electrons. The van der Waals surface area contributed by atoms with E-state index in [9.17, 15) is 12.8 Å². The second-order valence-electron chi connectivity index (χ2n) is 4.57. The van der Waals surface area contributed by atoms with E-state index in [4.69, 9.17) is 0 Å². The number of anilines is 1. The van der Waals surface area contributed by atoms with Crippen LogP contribution in [0, 0.1) is 5.82 Å². The normalized spacial score (nSPS) is 12.3. The van der Waals surface area contributed by atoms with Crippen molar-refractivity contribution in [2.45, 2.75) is 18.7 Å². The number of thiol groups is 1. The maximum atomic E-state index is 13.3. The van der Waals surface area contributed by atoms with E-state index in [1.807, 2.05) is 37.3 Å². The number of rotatable bonds is 5. The number of halogens is 1. The van der Waals surface area contributed by atoms with E-state index < -0.39 is 16.5 Å². The summed E-state index contributed by atoms with van der Waals surface area (Å²) in [5, 5.41) is 3.17. The molecule has 0 aliphatic heterocycles. The van der Waals surface area contributed by atoms with Gasteiger partial charge in [0.15, 0.2) is 0 Å². The summed E-state index contributed by atoms with van der Waals surface area (Å²) in [7, 11) is -2.54. The lowest BCUT2D eigenvalue weighted by Crippen LogP contribution is -2.09. The fraction of sp³-hybridized carbons (Fsp3) is 0.200. The van der Waals surface area contributed by atoms with Crippen molar-refractivity contribution in [2.24, 2.45) is 0 Å². The van der Waals surface area contributed by atoms with Gasteiger partial charge in [-0.1, -0.05) is 36.4 Å². The van der Waals surface area contributed by atoms with E-state index in [1.165, 1.54) is 18.2 Å². The minimum atomic E-state index is -2.54. The van der Waals surface area contributed by atoms with Crippen LogP contribution in [0.15, 0.2) is 48.5 Å². The Hall–Kier alpha value is -1.88. The summed E-state index contributed by atoms with van der Waals surface area (Å²) >= 11 is 0. The lowest BCUT2D eigenvalue weighted by molar-refractivity contribution is 0.613. The van der Waals surface area contributed by atoms with E-state index >= 15 is 0 Å². The maximum Gasteiger partial charge on any atom is 0.144 e. The Morgan fingerprint density at radius 1 is 1.15 bits per heavy atom. The zero-order chi connectivity index (χ0) is 14.5. The van der Waals surface area contributed by atoms with Crippen molar-refractivity contribution in [1.29, 1.82) is 0 Å². The number of hydrogen-bond acceptors (Lipinski definition) is 3. The molecule has 1 unspecified atom stereocenters. The summed E-state index contributed by atoms with van der Waals surface area (Å²) < 4.78 is 35.1. The van der Waals surface area contributed by atoms with E-state index in [-0.39, 0.29) is 11.8 Å². The Balaban J connectivity index is 2.25.